The fourth-order valence-electron chi connectivity index (χ4n) is 4.00. The van der Waals surface area contributed by atoms with Gasteiger partial charge in [-0.15, -0.1) is 0 Å². The van der Waals surface area contributed by atoms with E-state index in [4.69, 9.17) is 0 Å². The molecule has 0 spiro atoms. The second-order valence-corrected chi connectivity index (χ2v) is 6.17. The molecule has 3 aromatic carbocycles. The van der Waals surface area contributed by atoms with E-state index in [1.165, 1.54) is 38.1 Å². The minimum absolute atomic E-state index is 0.943. The van der Waals surface area contributed by atoms with Crippen LogP contribution in [0.15, 0.2) is 79.1 Å². The molecule has 3 heteroatoms. The Kier molecular flexibility index (Phi) is 2.10. The van der Waals surface area contributed by atoms with Crippen LogP contribution < -0.4 is 0 Å². The molecule has 0 saturated carbocycles. The lowest BCUT2D eigenvalue weighted by atomic mass is 10.1. The summed E-state index contributed by atoms with van der Waals surface area (Å²) in [4.78, 5) is 4.69. The Labute approximate surface area is 137 Å². The van der Waals surface area contributed by atoms with Crippen LogP contribution in [0.25, 0.3) is 43.9 Å². The molecule has 3 aromatic heterocycles. The average Bonchev–Trinajstić information content (AvgIpc) is 3.21. The molecule has 0 unspecified atom stereocenters. The van der Waals surface area contributed by atoms with Crippen molar-refractivity contribution in [3.8, 4) is 0 Å². The lowest BCUT2D eigenvalue weighted by Gasteiger charge is -1.98. The van der Waals surface area contributed by atoms with Gasteiger partial charge in [0, 0.05) is 33.9 Å². The predicted octanol–water partition coefficient (Wildman–Crippen LogP) is 5.05. The Balaban J connectivity index is 2.18. The Morgan fingerprint density at radius 2 is 1.25 bits per heavy atom. The number of nitrogens with zero attached hydrogens (tertiary/aromatic N) is 3. The zero-order valence-corrected chi connectivity index (χ0v) is 12.8. The van der Waals surface area contributed by atoms with Gasteiger partial charge in [0.2, 0.25) is 5.78 Å². The maximum Gasteiger partial charge on any atom is 0.219 e. The van der Waals surface area contributed by atoms with Crippen LogP contribution in [0.2, 0.25) is 0 Å². The molecule has 0 N–H and O–H groups in total. The number of benzene rings is 3. The minimum Gasteiger partial charge on any atom is -0.285 e. The highest BCUT2D eigenvalue weighted by molar-refractivity contribution is 6.19. The fourth-order valence-corrected chi connectivity index (χ4v) is 4.00. The Morgan fingerprint density at radius 1 is 0.625 bits per heavy atom. The molecule has 0 radical (unpaired) electrons. The van der Waals surface area contributed by atoms with Gasteiger partial charge in [0.25, 0.3) is 0 Å². The van der Waals surface area contributed by atoms with E-state index in [1.54, 1.807) is 0 Å². The number of imidazole rings is 1. The second-order valence-electron chi connectivity index (χ2n) is 6.17. The molecule has 0 atom stereocenters. The van der Waals surface area contributed by atoms with Crippen LogP contribution in [0.5, 0.6) is 0 Å². The summed E-state index contributed by atoms with van der Waals surface area (Å²) in [5, 5.41) is 5.03. The molecule has 3 heterocycles. The standard InChI is InChI=1S/C21H13N3/c1-3-10-18-14(6-1)16-8-5-9-17-15-7-2-4-11-19(15)24(20(16)17)21-22-12-13-23(18)21/h1-13H. The monoisotopic (exact) mass is 307 g/mol. The van der Waals surface area contributed by atoms with Gasteiger partial charge >= 0.3 is 0 Å². The Hall–Kier alpha value is -3.33. The van der Waals surface area contributed by atoms with Crippen LogP contribution in [0, 0.1) is 0 Å². The van der Waals surface area contributed by atoms with E-state index in [1.807, 2.05) is 12.4 Å². The summed E-state index contributed by atoms with van der Waals surface area (Å²) >= 11 is 0. The topological polar surface area (TPSA) is 21.7 Å². The van der Waals surface area contributed by atoms with E-state index in [2.05, 4.69) is 80.5 Å². The summed E-state index contributed by atoms with van der Waals surface area (Å²) < 4.78 is 4.47. The van der Waals surface area contributed by atoms with Crippen molar-refractivity contribution >= 4 is 43.9 Å². The number of aromatic nitrogens is 3. The average molecular weight is 307 g/mol. The molecule has 0 aliphatic heterocycles. The van der Waals surface area contributed by atoms with Crippen molar-refractivity contribution in [2.75, 3.05) is 0 Å². The third-order valence-electron chi connectivity index (χ3n) is 4.97. The van der Waals surface area contributed by atoms with E-state index in [9.17, 15) is 0 Å². The van der Waals surface area contributed by atoms with Crippen molar-refractivity contribution in [1.29, 1.82) is 0 Å². The maximum absolute atomic E-state index is 4.69. The first-order chi connectivity index (χ1) is 11.9. The number of hydrogen-bond donors (Lipinski definition) is 0. The summed E-state index contributed by atoms with van der Waals surface area (Å²) in [7, 11) is 0. The number of para-hydroxylation sites is 3. The van der Waals surface area contributed by atoms with Crippen molar-refractivity contribution in [3.05, 3.63) is 79.1 Å². The normalized spacial score (nSPS) is 12.2. The van der Waals surface area contributed by atoms with Crippen LogP contribution in [0.3, 0.4) is 0 Å². The lowest BCUT2D eigenvalue weighted by Crippen LogP contribution is -1.89. The summed E-state index contributed by atoms with van der Waals surface area (Å²) in [5.74, 6) is 0.943. The third kappa shape index (κ3) is 1.31. The van der Waals surface area contributed by atoms with Gasteiger partial charge in [-0.3, -0.25) is 8.80 Å². The molecule has 0 aliphatic rings. The van der Waals surface area contributed by atoms with Gasteiger partial charge < -0.3 is 0 Å². The number of hydrogen-bond acceptors (Lipinski definition) is 1. The Bertz CT molecular complexity index is 1400. The van der Waals surface area contributed by atoms with Crippen LogP contribution in [0.1, 0.15) is 0 Å². The van der Waals surface area contributed by atoms with Gasteiger partial charge in [0.05, 0.1) is 16.6 Å². The smallest absolute Gasteiger partial charge is 0.219 e. The van der Waals surface area contributed by atoms with E-state index in [0.717, 1.165) is 5.78 Å². The van der Waals surface area contributed by atoms with Gasteiger partial charge in [0.1, 0.15) is 0 Å². The number of fused-ring (bicyclic) bond motifs is 8. The highest BCUT2D eigenvalue weighted by atomic mass is 15.1. The second kappa shape index (κ2) is 4.15. The maximum atomic E-state index is 4.69. The van der Waals surface area contributed by atoms with E-state index < -0.39 is 0 Å². The van der Waals surface area contributed by atoms with Crippen LogP contribution in [0.4, 0.5) is 0 Å². The zero-order valence-electron chi connectivity index (χ0n) is 12.8. The molecule has 6 rings (SSSR count). The van der Waals surface area contributed by atoms with Gasteiger partial charge in [-0.05, 0) is 12.1 Å². The summed E-state index contributed by atoms with van der Waals surface area (Å²) in [6, 6.07) is 23.7. The molecule has 0 amide bonds. The third-order valence-corrected chi connectivity index (χ3v) is 4.97. The zero-order chi connectivity index (χ0) is 15.7. The molecule has 24 heavy (non-hydrogen) atoms. The van der Waals surface area contributed by atoms with Crippen LogP contribution >= 0.6 is 0 Å². The highest BCUT2D eigenvalue weighted by Gasteiger charge is 2.15. The molecule has 3 nitrogen and oxygen atoms in total. The van der Waals surface area contributed by atoms with Gasteiger partial charge in [-0.2, -0.15) is 0 Å². The van der Waals surface area contributed by atoms with Crippen LogP contribution in [-0.2, 0) is 0 Å². The summed E-state index contributed by atoms with van der Waals surface area (Å²) in [6.07, 6.45) is 3.92. The Morgan fingerprint density at radius 3 is 2.04 bits per heavy atom. The van der Waals surface area contributed by atoms with Gasteiger partial charge in [-0.25, -0.2) is 4.98 Å². The van der Waals surface area contributed by atoms with Crippen molar-refractivity contribution in [3.63, 3.8) is 0 Å². The molecule has 0 saturated heterocycles. The van der Waals surface area contributed by atoms with Crippen molar-refractivity contribution < 1.29 is 0 Å². The predicted molar refractivity (Wildman–Crippen MR) is 98.7 cm³/mol. The van der Waals surface area contributed by atoms with Gasteiger partial charge in [0.15, 0.2) is 0 Å². The SMILES string of the molecule is c1ccc2c(c1)c1cccc3c4ccccc4n(c13)c1nccn21. The largest absolute Gasteiger partial charge is 0.285 e. The van der Waals surface area contributed by atoms with Crippen molar-refractivity contribution in [1.82, 2.24) is 13.8 Å². The van der Waals surface area contributed by atoms with Gasteiger partial charge in [-0.1, -0.05) is 54.6 Å². The lowest BCUT2D eigenvalue weighted by molar-refractivity contribution is 1.15. The molecule has 6 aromatic rings. The van der Waals surface area contributed by atoms with E-state index in [0.29, 0.717) is 0 Å². The van der Waals surface area contributed by atoms with E-state index in [-0.39, 0.29) is 0 Å². The molecule has 0 fully saturated rings. The van der Waals surface area contributed by atoms with E-state index >= 15 is 0 Å². The number of rotatable bonds is 0. The van der Waals surface area contributed by atoms with Crippen LogP contribution in [-0.4, -0.2) is 13.8 Å². The minimum atomic E-state index is 0.943. The fraction of sp³-hybridized carbons (Fsp3) is 0. The highest BCUT2D eigenvalue weighted by Crippen LogP contribution is 2.35. The quantitative estimate of drug-likeness (QED) is 0.385. The molecular formula is C21H13N3. The first-order valence-electron chi connectivity index (χ1n) is 8.09. The first-order valence-corrected chi connectivity index (χ1v) is 8.09. The molecule has 112 valence electrons. The van der Waals surface area contributed by atoms with Crippen molar-refractivity contribution in [2.45, 2.75) is 0 Å². The first kappa shape index (κ1) is 12.1. The molecule has 0 bridgehead atoms. The molecular weight excluding hydrogens is 294 g/mol. The molecule has 0 aliphatic carbocycles. The van der Waals surface area contributed by atoms with Crippen molar-refractivity contribution in [2.24, 2.45) is 0 Å². The summed E-state index contributed by atoms with van der Waals surface area (Å²) in [6.45, 7) is 0. The summed E-state index contributed by atoms with van der Waals surface area (Å²) in [5.41, 5.74) is 3.60.